The second-order valence-corrected chi connectivity index (χ2v) is 7.73. The molecule has 7 heteroatoms. The quantitative estimate of drug-likeness (QED) is 0.789. The van der Waals surface area contributed by atoms with Gasteiger partial charge in [0.2, 0.25) is 5.91 Å². The summed E-state index contributed by atoms with van der Waals surface area (Å²) in [5, 5.41) is 3.34. The van der Waals surface area contributed by atoms with E-state index in [1.807, 2.05) is 53.2 Å². The lowest BCUT2D eigenvalue weighted by Crippen LogP contribution is -2.51. The number of piperazine rings is 1. The van der Waals surface area contributed by atoms with Gasteiger partial charge in [0.25, 0.3) is 5.91 Å². The van der Waals surface area contributed by atoms with Crippen LogP contribution in [0.15, 0.2) is 48.5 Å². The van der Waals surface area contributed by atoms with Crippen LogP contribution in [0.25, 0.3) is 0 Å². The number of carbonyl (C=O) groups excluding carboxylic acids is 2. The Balaban J connectivity index is 1.47. The Morgan fingerprint density at radius 1 is 1.07 bits per heavy atom. The van der Waals surface area contributed by atoms with Gasteiger partial charge in [-0.3, -0.25) is 14.5 Å². The van der Waals surface area contributed by atoms with Crippen molar-refractivity contribution in [3.05, 3.63) is 64.7 Å². The topological polar surface area (TPSA) is 55.9 Å². The Kier molecular flexibility index (Phi) is 7.12. The maximum absolute atomic E-state index is 12.7. The number of nitrogens with zero attached hydrogens (tertiary/aromatic N) is 3. The van der Waals surface area contributed by atoms with Gasteiger partial charge in [-0.15, -0.1) is 0 Å². The van der Waals surface area contributed by atoms with Crippen LogP contribution >= 0.6 is 11.6 Å². The maximum atomic E-state index is 12.7. The molecule has 2 amide bonds. The van der Waals surface area contributed by atoms with E-state index in [0.29, 0.717) is 31.7 Å². The maximum Gasteiger partial charge on any atom is 0.251 e. The molecule has 1 aliphatic rings. The molecule has 29 heavy (non-hydrogen) atoms. The number of hydrogen-bond donors (Lipinski definition) is 1. The fourth-order valence-corrected chi connectivity index (χ4v) is 3.68. The third-order valence-corrected chi connectivity index (χ3v) is 5.34. The SMILES string of the molecule is CNC(=O)c1ccc(CN(C)CC(=O)N2CCN(c3cccc(Cl)c3)CC2)cc1. The number of carbonyl (C=O) groups is 2. The van der Waals surface area contributed by atoms with Crippen LogP contribution < -0.4 is 10.2 Å². The minimum absolute atomic E-state index is 0.100. The van der Waals surface area contributed by atoms with Crippen LogP contribution in [-0.2, 0) is 11.3 Å². The number of nitrogens with one attached hydrogen (secondary N) is 1. The van der Waals surface area contributed by atoms with Gasteiger partial charge < -0.3 is 15.1 Å². The average Bonchev–Trinajstić information content (AvgIpc) is 2.73. The highest BCUT2D eigenvalue weighted by Gasteiger charge is 2.22. The highest BCUT2D eigenvalue weighted by Crippen LogP contribution is 2.20. The Hall–Kier alpha value is -2.57. The molecule has 0 aromatic heterocycles. The lowest BCUT2D eigenvalue weighted by Gasteiger charge is -2.36. The number of benzene rings is 2. The van der Waals surface area contributed by atoms with Crippen molar-refractivity contribution in [1.29, 1.82) is 0 Å². The fourth-order valence-electron chi connectivity index (χ4n) is 3.49. The Labute approximate surface area is 177 Å². The number of halogens is 1. The third kappa shape index (κ3) is 5.71. The first-order chi connectivity index (χ1) is 14.0. The van der Waals surface area contributed by atoms with Crippen molar-refractivity contribution >= 4 is 29.1 Å². The summed E-state index contributed by atoms with van der Waals surface area (Å²) in [5.41, 5.74) is 2.80. The Morgan fingerprint density at radius 3 is 2.38 bits per heavy atom. The first-order valence-corrected chi connectivity index (χ1v) is 10.1. The molecule has 1 saturated heterocycles. The third-order valence-electron chi connectivity index (χ3n) is 5.11. The molecule has 2 aromatic carbocycles. The minimum Gasteiger partial charge on any atom is -0.368 e. The normalized spacial score (nSPS) is 14.2. The molecule has 3 rings (SSSR count). The molecule has 1 fully saturated rings. The van der Waals surface area contributed by atoms with Crippen molar-refractivity contribution < 1.29 is 9.59 Å². The predicted molar refractivity (Wildman–Crippen MR) is 116 cm³/mol. The van der Waals surface area contributed by atoms with E-state index >= 15 is 0 Å². The molecular formula is C22H27ClN4O2. The second kappa shape index (κ2) is 9.76. The van der Waals surface area contributed by atoms with Crippen LogP contribution in [0.5, 0.6) is 0 Å². The van der Waals surface area contributed by atoms with E-state index in [9.17, 15) is 9.59 Å². The minimum atomic E-state index is -0.100. The lowest BCUT2D eigenvalue weighted by atomic mass is 10.1. The number of amides is 2. The van der Waals surface area contributed by atoms with Gasteiger partial charge in [0.05, 0.1) is 6.54 Å². The monoisotopic (exact) mass is 414 g/mol. The van der Waals surface area contributed by atoms with Crippen molar-refractivity contribution in [2.24, 2.45) is 0 Å². The summed E-state index contributed by atoms with van der Waals surface area (Å²) in [4.78, 5) is 30.5. The fraction of sp³-hybridized carbons (Fsp3) is 0.364. The molecule has 0 radical (unpaired) electrons. The van der Waals surface area contributed by atoms with E-state index in [2.05, 4.69) is 10.2 Å². The molecule has 1 aliphatic heterocycles. The molecular weight excluding hydrogens is 388 g/mol. The van der Waals surface area contributed by atoms with Gasteiger partial charge in [-0.05, 0) is 42.9 Å². The molecule has 0 bridgehead atoms. The van der Waals surface area contributed by atoms with Crippen LogP contribution in [0.2, 0.25) is 5.02 Å². The van der Waals surface area contributed by atoms with E-state index in [-0.39, 0.29) is 11.8 Å². The largest absolute Gasteiger partial charge is 0.368 e. The van der Waals surface area contributed by atoms with Gasteiger partial charge in [0.1, 0.15) is 0 Å². The molecule has 1 heterocycles. The summed E-state index contributed by atoms with van der Waals surface area (Å²) >= 11 is 6.08. The van der Waals surface area contributed by atoms with Crippen molar-refractivity contribution in [1.82, 2.24) is 15.1 Å². The zero-order valence-electron chi connectivity index (χ0n) is 16.9. The molecule has 0 spiro atoms. The highest BCUT2D eigenvalue weighted by molar-refractivity contribution is 6.30. The highest BCUT2D eigenvalue weighted by atomic mass is 35.5. The number of rotatable bonds is 6. The summed E-state index contributed by atoms with van der Waals surface area (Å²) in [7, 11) is 3.55. The lowest BCUT2D eigenvalue weighted by molar-refractivity contribution is -0.132. The molecule has 0 aliphatic carbocycles. The summed E-state index contributed by atoms with van der Waals surface area (Å²) in [6, 6.07) is 15.3. The number of anilines is 1. The summed E-state index contributed by atoms with van der Waals surface area (Å²) in [5.74, 6) is 0.0391. The average molecular weight is 415 g/mol. The van der Waals surface area contributed by atoms with Crippen molar-refractivity contribution in [2.45, 2.75) is 6.54 Å². The van der Waals surface area contributed by atoms with Gasteiger partial charge in [-0.1, -0.05) is 29.8 Å². The molecule has 1 N–H and O–H groups in total. The van der Waals surface area contributed by atoms with Crippen molar-refractivity contribution in [2.75, 3.05) is 51.7 Å². The van der Waals surface area contributed by atoms with Crippen LogP contribution in [0, 0.1) is 0 Å². The van der Waals surface area contributed by atoms with Crippen LogP contribution in [0.3, 0.4) is 0 Å². The van der Waals surface area contributed by atoms with E-state index in [1.54, 1.807) is 19.2 Å². The zero-order chi connectivity index (χ0) is 20.8. The molecule has 0 unspecified atom stereocenters. The van der Waals surface area contributed by atoms with Crippen molar-refractivity contribution in [3.8, 4) is 0 Å². The molecule has 0 atom stereocenters. The first-order valence-electron chi connectivity index (χ1n) is 9.74. The summed E-state index contributed by atoms with van der Waals surface area (Å²) in [6.07, 6.45) is 0. The van der Waals surface area contributed by atoms with E-state index < -0.39 is 0 Å². The van der Waals surface area contributed by atoms with Gasteiger partial charge in [0, 0.05) is 56.0 Å². The Morgan fingerprint density at radius 2 is 1.76 bits per heavy atom. The van der Waals surface area contributed by atoms with Crippen LogP contribution in [0.4, 0.5) is 5.69 Å². The van der Waals surface area contributed by atoms with Gasteiger partial charge in [-0.2, -0.15) is 0 Å². The van der Waals surface area contributed by atoms with Crippen molar-refractivity contribution in [3.63, 3.8) is 0 Å². The van der Waals surface area contributed by atoms with Crippen LogP contribution in [0.1, 0.15) is 15.9 Å². The number of hydrogen-bond acceptors (Lipinski definition) is 4. The standard InChI is InChI=1S/C22H27ClN4O2/c1-24-22(29)18-8-6-17(7-9-18)15-25(2)16-21(28)27-12-10-26(11-13-27)20-5-3-4-19(23)14-20/h3-9,14H,10-13,15-16H2,1-2H3,(H,24,29). The van der Waals surface area contributed by atoms with E-state index in [1.165, 1.54) is 0 Å². The van der Waals surface area contributed by atoms with Gasteiger partial charge in [0.15, 0.2) is 0 Å². The molecule has 6 nitrogen and oxygen atoms in total. The Bertz CT molecular complexity index is 848. The van der Waals surface area contributed by atoms with Gasteiger partial charge in [-0.25, -0.2) is 0 Å². The first kappa shape index (κ1) is 21.1. The zero-order valence-corrected chi connectivity index (χ0v) is 17.7. The summed E-state index contributed by atoms with van der Waals surface area (Å²) in [6.45, 7) is 4.05. The van der Waals surface area contributed by atoms with E-state index in [0.717, 1.165) is 29.4 Å². The summed E-state index contributed by atoms with van der Waals surface area (Å²) < 4.78 is 0. The molecule has 0 saturated carbocycles. The molecule has 154 valence electrons. The van der Waals surface area contributed by atoms with Gasteiger partial charge >= 0.3 is 0 Å². The van der Waals surface area contributed by atoms with Crippen LogP contribution in [-0.4, -0.2) is 68.4 Å². The predicted octanol–water partition coefficient (Wildman–Crippen LogP) is 2.48. The molecule has 2 aromatic rings. The second-order valence-electron chi connectivity index (χ2n) is 7.30. The number of likely N-dealkylation sites (N-methyl/N-ethyl adjacent to an activating group) is 1. The smallest absolute Gasteiger partial charge is 0.251 e. The van der Waals surface area contributed by atoms with E-state index in [4.69, 9.17) is 11.6 Å².